The summed E-state index contributed by atoms with van der Waals surface area (Å²) in [6, 6.07) is 6.27. The predicted molar refractivity (Wildman–Crippen MR) is 75.5 cm³/mol. The van der Waals surface area contributed by atoms with E-state index in [1.807, 2.05) is 20.8 Å². The zero-order chi connectivity index (χ0) is 13.7. The zero-order valence-corrected chi connectivity index (χ0v) is 12.0. The second kappa shape index (κ2) is 6.55. The lowest BCUT2D eigenvalue weighted by Crippen LogP contribution is -2.44. The van der Waals surface area contributed by atoms with Crippen LogP contribution in [0, 0.1) is 13.8 Å². The van der Waals surface area contributed by atoms with E-state index in [1.165, 1.54) is 16.7 Å². The van der Waals surface area contributed by atoms with E-state index in [2.05, 4.69) is 42.7 Å². The molecule has 0 aliphatic heterocycles. The van der Waals surface area contributed by atoms with Crippen molar-refractivity contribution in [2.75, 3.05) is 0 Å². The highest BCUT2D eigenvalue weighted by molar-refractivity contribution is 5.81. The van der Waals surface area contributed by atoms with Gasteiger partial charge < -0.3 is 10.6 Å². The van der Waals surface area contributed by atoms with Gasteiger partial charge in [0.2, 0.25) is 5.91 Å². The molecule has 3 nitrogen and oxygen atoms in total. The van der Waals surface area contributed by atoms with Gasteiger partial charge in [0.25, 0.3) is 0 Å². The predicted octanol–water partition coefficient (Wildman–Crippen LogP) is 2.31. The standard InChI is InChI=1S/C15H24N2O/c1-10(2)17-15(18)13(5)16-9-14-8-6-7-11(3)12(14)4/h6-8,10,13,16H,9H2,1-5H3,(H,17,18). The molecule has 0 heterocycles. The van der Waals surface area contributed by atoms with Gasteiger partial charge in [0.05, 0.1) is 6.04 Å². The Balaban J connectivity index is 2.55. The summed E-state index contributed by atoms with van der Waals surface area (Å²) < 4.78 is 0. The van der Waals surface area contributed by atoms with Crippen molar-refractivity contribution in [1.82, 2.24) is 10.6 Å². The molecule has 100 valence electrons. The number of rotatable bonds is 5. The monoisotopic (exact) mass is 248 g/mol. The van der Waals surface area contributed by atoms with E-state index in [1.54, 1.807) is 0 Å². The van der Waals surface area contributed by atoms with Crippen molar-refractivity contribution in [3.63, 3.8) is 0 Å². The Hall–Kier alpha value is -1.35. The van der Waals surface area contributed by atoms with Gasteiger partial charge in [-0.15, -0.1) is 0 Å². The topological polar surface area (TPSA) is 41.1 Å². The number of aryl methyl sites for hydroxylation is 1. The fourth-order valence-corrected chi connectivity index (χ4v) is 1.77. The van der Waals surface area contributed by atoms with Gasteiger partial charge in [-0.2, -0.15) is 0 Å². The quantitative estimate of drug-likeness (QED) is 0.839. The first-order valence-electron chi connectivity index (χ1n) is 6.50. The van der Waals surface area contributed by atoms with Crippen molar-refractivity contribution in [2.45, 2.75) is 53.2 Å². The normalized spacial score (nSPS) is 12.6. The Morgan fingerprint density at radius 2 is 1.89 bits per heavy atom. The number of amides is 1. The summed E-state index contributed by atoms with van der Waals surface area (Å²) in [6.45, 7) is 10.8. The molecule has 18 heavy (non-hydrogen) atoms. The molecular weight excluding hydrogens is 224 g/mol. The van der Waals surface area contributed by atoms with E-state index < -0.39 is 0 Å². The number of nitrogens with one attached hydrogen (secondary N) is 2. The van der Waals surface area contributed by atoms with Crippen LogP contribution in [0.4, 0.5) is 0 Å². The Kier molecular flexibility index (Phi) is 5.35. The Labute approximate surface area is 110 Å². The molecule has 0 spiro atoms. The van der Waals surface area contributed by atoms with Crippen LogP contribution in [0.2, 0.25) is 0 Å². The fourth-order valence-electron chi connectivity index (χ4n) is 1.77. The van der Waals surface area contributed by atoms with E-state index >= 15 is 0 Å². The smallest absolute Gasteiger partial charge is 0.237 e. The third-order valence-electron chi connectivity index (χ3n) is 3.14. The minimum absolute atomic E-state index is 0.0512. The third-order valence-corrected chi connectivity index (χ3v) is 3.14. The number of carbonyl (C=O) groups is 1. The van der Waals surface area contributed by atoms with E-state index in [0.29, 0.717) is 0 Å². The minimum atomic E-state index is -0.174. The molecule has 0 aliphatic rings. The van der Waals surface area contributed by atoms with Crippen LogP contribution >= 0.6 is 0 Å². The summed E-state index contributed by atoms with van der Waals surface area (Å²) in [5.41, 5.74) is 3.83. The van der Waals surface area contributed by atoms with Crippen LogP contribution in [0.25, 0.3) is 0 Å². The molecule has 0 radical (unpaired) electrons. The van der Waals surface area contributed by atoms with Crippen molar-refractivity contribution < 1.29 is 4.79 Å². The molecule has 1 amide bonds. The van der Waals surface area contributed by atoms with Crippen LogP contribution < -0.4 is 10.6 Å². The molecule has 0 aliphatic carbocycles. The van der Waals surface area contributed by atoms with Gasteiger partial charge in [-0.1, -0.05) is 18.2 Å². The second-order valence-electron chi connectivity index (χ2n) is 5.12. The molecule has 0 fully saturated rings. The molecule has 1 aromatic rings. The lowest BCUT2D eigenvalue weighted by Gasteiger charge is -2.17. The first-order chi connectivity index (χ1) is 8.41. The highest BCUT2D eigenvalue weighted by Crippen LogP contribution is 2.12. The molecule has 3 heteroatoms. The average molecular weight is 248 g/mol. The van der Waals surface area contributed by atoms with E-state index in [9.17, 15) is 4.79 Å². The molecule has 1 atom stereocenters. The van der Waals surface area contributed by atoms with Crippen LogP contribution in [-0.4, -0.2) is 18.0 Å². The van der Waals surface area contributed by atoms with Crippen molar-refractivity contribution in [3.8, 4) is 0 Å². The zero-order valence-electron chi connectivity index (χ0n) is 12.0. The van der Waals surface area contributed by atoms with E-state index in [4.69, 9.17) is 0 Å². The van der Waals surface area contributed by atoms with Gasteiger partial charge in [-0.05, 0) is 51.3 Å². The van der Waals surface area contributed by atoms with Gasteiger partial charge in [0, 0.05) is 12.6 Å². The van der Waals surface area contributed by atoms with Crippen molar-refractivity contribution in [3.05, 3.63) is 34.9 Å². The Morgan fingerprint density at radius 1 is 1.22 bits per heavy atom. The first kappa shape index (κ1) is 14.7. The maximum absolute atomic E-state index is 11.8. The molecule has 1 rings (SSSR count). The molecule has 1 unspecified atom stereocenters. The van der Waals surface area contributed by atoms with Gasteiger partial charge >= 0.3 is 0 Å². The first-order valence-corrected chi connectivity index (χ1v) is 6.50. The summed E-state index contributed by atoms with van der Waals surface area (Å²) in [5, 5.41) is 6.16. The van der Waals surface area contributed by atoms with Gasteiger partial charge in [0.1, 0.15) is 0 Å². The highest BCUT2D eigenvalue weighted by Gasteiger charge is 2.13. The summed E-state index contributed by atoms with van der Waals surface area (Å²) in [7, 11) is 0. The van der Waals surface area contributed by atoms with E-state index in [-0.39, 0.29) is 18.0 Å². The Bertz CT molecular complexity index is 413. The van der Waals surface area contributed by atoms with Gasteiger partial charge in [-0.3, -0.25) is 4.79 Å². The maximum Gasteiger partial charge on any atom is 0.237 e. The number of hydrogen-bond acceptors (Lipinski definition) is 2. The lowest BCUT2D eigenvalue weighted by atomic mass is 10.0. The van der Waals surface area contributed by atoms with Crippen molar-refractivity contribution in [2.24, 2.45) is 0 Å². The molecule has 0 aromatic heterocycles. The summed E-state index contributed by atoms with van der Waals surface area (Å²) in [4.78, 5) is 11.8. The molecule has 1 aromatic carbocycles. The highest BCUT2D eigenvalue weighted by atomic mass is 16.2. The second-order valence-corrected chi connectivity index (χ2v) is 5.12. The number of carbonyl (C=O) groups excluding carboxylic acids is 1. The van der Waals surface area contributed by atoms with E-state index in [0.717, 1.165) is 6.54 Å². The van der Waals surface area contributed by atoms with Crippen LogP contribution in [-0.2, 0) is 11.3 Å². The summed E-state index contributed by atoms with van der Waals surface area (Å²) in [5.74, 6) is 0.0512. The van der Waals surface area contributed by atoms with Crippen LogP contribution in [0.5, 0.6) is 0 Å². The Morgan fingerprint density at radius 3 is 2.50 bits per heavy atom. The van der Waals surface area contributed by atoms with Crippen molar-refractivity contribution >= 4 is 5.91 Å². The summed E-state index contributed by atoms with van der Waals surface area (Å²) >= 11 is 0. The van der Waals surface area contributed by atoms with Gasteiger partial charge in [0.15, 0.2) is 0 Å². The van der Waals surface area contributed by atoms with Crippen LogP contribution in [0.15, 0.2) is 18.2 Å². The molecule has 0 saturated heterocycles. The maximum atomic E-state index is 11.8. The number of hydrogen-bond donors (Lipinski definition) is 2. The number of benzene rings is 1. The molecule has 0 bridgehead atoms. The van der Waals surface area contributed by atoms with Gasteiger partial charge in [-0.25, -0.2) is 0 Å². The summed E-state index contributed by atoms with van der Waals surface area (Å²) in [6.07, 6.45) is 0. The largest absolute Gasteiger partial charge is 0.353 e. The molecule has 0 saturated carbocycles. The van der Waals surface area contributed by atoms with Crippen LogP contribution in [0.3, 0.4) is 0 Å². The fraction of sp³-hybridized carbons (Fsp3) is 0.533. The third kappa shape index (κ3) is 4.15. The lowest BCUT2D eigenvalue weighted by molar-refractivity contribution is -0.123. The average Bonchev–Trinajstić information content (AvgIpc) is 2.29. The SMILES string of the molecule is Cc1cccc(CNC(C)C(=O)NC(C)C)c1C. The minimum Gasteiger partial charge on any atom is -0.353 e. The van der Waals surface area contributed by atoms with Crippen molar-refractivity contribution in [1.29, 1.82) is 0 Å². The molecular formula is C15H24N2O. The van der Waals surface area contributed by atoms with Crippen LogP contribution in [0.1, 0.15) is 37.5 Å². The molecule has 2 N–H and O–H groups in total.